The van der Waals surface area contributed by atoms with Gasteiger partial charge in [-0.05, 0) is 73.3 Å². The van der Waals surface area contributed by atoms with Gasteiger partial charge < -0.3 is 15.8 Å². The van der Waals surface area contributed by atoms with Gasteiger partial charge >= 0.3 is 0 Å². The van der Waals surface area contributed by atoms with Crippen LogP contribution in [0, 0.1) is 11.8 Å². The van der Waals surface area contributed by atoms with Crippen LogP contribution in [0.15, 0.2) is 30.5 Å². The van der Waals surface area contributed by atoms with Crippen LogP contribution in [0.1, 0.15) is 37.8 Å². The Morgan fingerprint density at radius 2 is 2.30 bits per heavy atom. The fraction of sp³-hybridized carbons (Fsp3) is 0.524. The molecule has 0 aliphatic carbocycles. The van der Waals surface area contributed by atoms with Crippen molar-refractivity contribution in [1.29, 1.82) is 0 Å². The second-order valence-electron chi connectivity index (χ2n) is 7.78. The van der Waals surface area contributed by atoms with Crippen molar-refractivity contribution in [3.8, 4) is 5.75 Å². The van der Waals surface area contributed by atoms with Crippen LogP contribution >= 0.6 is 12.2 Å². The average molecular weight is 385 g/mol. The molecule has 3 saturated heterocycles. The van der Waals surface area contributed by atoms with Gasteiger partial charge in [0.25, 0.3) is 0 Å². The van der Waals surface area contributed by atoms with Gasteiger partial charge in [-0.3, -0.25) is 9.88 Å². The van der Waals surface area contributed by atoms with Gasteiger partial charge in [-0.25, -0.2) is 0 Å². The van der Waals surface area contributed by atoms with Crippen LogP contribution < -0.4 is 15.8 Å². The molecular weight excluding hydrogens is 356 g/mol. The third-order valence-electron chi connectivity index (χ3n) is 6.46. The molecule has 144 valence electrons. The number of nitrogens with one attached hydrogen (secondary N) is 1. The maximum Gasteiger partial charge on any atom is 0.164 e. The summed E-state index contributed by atoms with van der Waals surface area (Å²) in [5.41, 5.74) is 8.11. The Morgan fingerprint density at radius 1 is 1.44 bits per heavy atom. The van der Waals surface area contributed by atoms with E-state index in [-0.39, 0.29) is 6.04 Å². The van der Waals surface area contributed by atoms with Crippen LogP contribution in [0.4, 0.5) is 0 Å². The van der Waals surface area contributed by atoms with Crippen LogP contribution in [-0.2, 0) is 0 Å². The van der Waals surface area contributed by atoms with Crippen molar-refractivity contribution in [2.75, 3.05) is 20.2 Å². The number of pyridine rings is 1. The van der Waals surface area contributed by atoms with E-state index in [2.05, 4.69) is 34.3 Å². The third-order valence-corrected chi connectivity index (χ3v) is 6.58. The highest BCUT2D eigenvalue weighted by Crippen LogP contribution is 2.42. The SMILES string of the molecule is CC[C@H]1CN2CC[C@H]1C[C@H]2[C@@H](NC(N)=S)c1ccnc2ccc(OC)cc12. The predicted octanol–water partition coefficient (Wildman–Crippen LogP) is 3.24. The summed E-state index contributed by atoms with van der Waals surface area (Å²) in [5.74, 6) is 2.44. The minimum atomic E-state index is 0.0562. The first-order valence-electron chi connectivity index (χ1n) is 9.83. The van der Waals surface area contributed by atoms with E-state index in [1.807, 2.05) is 18.3 Å². The van der Waals surface area contributed by atoms with Gasteiger partial charge in [0, 0.05) is 24.2 Å². The number of benzene rings is 1. The molecule has 0 amide bonds. The zero-order chi connectivity index (χ0) is 19.0. The van der Waals surface area contributed by atoms with E-state index in [1.165, 1.54) is 31.4 Å². The highest BCUT2D eigenvalue weighted by atomic mass is 32.1. The smallest absolute Gasteiger partial charge is 0.164 e. The highest BCUT2D eigenvalue weighted by Gasteiger charge is 2.43. The second-order valence-corrected chi connectivity index (χ2v) is 8.22. The number of ether oxygens (including phenoxy) is 1. The normalized spacial score (nSPS) is 28.1. The van der Waals surface area contributed by atoms with Gasteiger partial charge in [0.05, 0.1) is 18.7 Å². The minimum Gasteiger partial charge on any atom is -0.497 e. The molecule has 3 aliphatic rings. The van der Waals surface area contributed by atoms with Crippen molar-refractivity contribution < 1.29 is 4.74 Å². The zero-order valence-electron chi connectivity index (χ0n) is 16.0. The number of methoxy groups -OCH3 is 1. The Balaban J connectivity index is 1.75. The number of nitrogens with two attached hydrogens (primary N) is 1. The van der Waals surface area contributed by atoms with Crippen molar-refractivity contribution >= 4 is 28.2 Å². The van der Waals surface area contributed by atoms with E-state index in [0.29, 0.717) is 11.2 Å². The van der Waals surface area contributed by atoms with Crippen molar-refractivity contribution in [1.82, 2.24) is 15.2 Å². The van der Waals surface area contributed by atoms with Gasteiger partial charge in [-0.1, -0.05) is 13.3 Å². The lowest BCUT2D eigenvalue weighted by molar-refractivity contribution is -0.0133. The molecule has 6 heteroatoms. The van der Waals surface area contributed by atoms with Gasteiger partial charge in [-0.2, -0.15) is 0 Å². The lowest BCUT2D eigenvalue weighted by atomic mass is 9.72. The molecule has 1 unspecified atom stereocenters. The topological polar surface area (TPSA) is 63.4 Å². The number of aromatic nitrogens is 1. The molecule has 1 aromatic carbocycles. The maximum absolute atomic E-state index is 5.95. The molecule has 3 N–H and O–H groups in total. The number of piperidine rings is 3. The lowest BCUT2D eigenvalue weighted by Crippen LogP contribution is -2.58. The summed E-state index contributed by atoms with van der Waals surface area (Å²) in [6.45, 7) is 4.65. The first kappa shape index (κ1) is 18.4. The quantitative estimate of drug-likeness (QED) is 0.772. The predicted molar refractivity (Wildman–Crippen MR) is 113 cm³/mol. The first-order valence-corrected chi connectivity index (χ1v) is 10.2. The molecule has 3 aliphatic heterocycles. The summed E-state index contributed by atoms with van der Waals surface area (Å²) in [5, 5.41) is 4.86. The van der Waals surface area contributed by atoms with Crippen molar-refractivity contribution in [3.05, 3.63) is 36.0 Å². The standard InChI is InChI=1S/C21H28N4OS/c1-3-13-12-25-9-7-14(13)10-19(25)20(24-21(22)27)16-6-8-23-18-5-4-15(26-2)11-17(16)18/h4-6,8,11,13-14,19-20H,3,7,9-10,12H2,1-2H3,(H3,22,24,27)/t13-,14-,19-,20-/m0/s1. The lowest BCUT2D eigenvalue weighted by Gasteiger charge is -2.52. The van der Waals surface area contributed by atoms with Gasteiger partial charge in [-0.15, -0.1) is 0 Å². The fourth-order valence-electron chi connectivity index (χ4n) is 5.07. The van der Waals surface area contributed by atoms with Crippen molar-refractivity contribution in [3.63, 3.8) is 0 Å². The average Bonchev–Trinajstić information content (AvgIpc) is 2.71. The number of rotatable bonds is 5. The molecule has 4 heterocycles. The van der Waals surface area contributed by atoms with Gasteiger partial charge in [0.1, 0.15) is 5.75 Å². The van der Waals surface area contributed by atoms with Crippen LogP contribution in [0.5, 0.6) is 5.75 Å². The van der Waals surface area contributed by atoms with E-state index >= 15 is 0 Å². The van der Waals surface area contributed by atoms with Crippen LogP contribution in [0.25, 0.3) is 10.9 Å². The molecule has 0 radical (unpaired) electrons. The molecule has 5 rings (SSSR count). The number of hydrogen-bond acceptors (Lipinski definition) is 4. The Bertz CT molecular complexity index is 842. The zero-order valence-corrected chi connectivity index (χ0v) is 16.8. The summed E-state index contributed by atoms with van der Waals surface area (Å²) in [7, 11) is 1.69. The summed E-state index contributed by atoms with van der Waals surface area (Å²) >= 11 is 5.25. The molecule has 2 aromatic rings. The van der Waals surface area contributed by atoms with E-state index < -0.39 is 0 Å². The van der Waals surface area contributed by atoms with Gasteiger partial charge in [0.2, 0.25) is 0 Å². The highest BCUT2D eigenvalue weighted by molar-refractivity contribution is 7.80. The molecule has 1 aromatic heterocycles. The summed E-state index contributed by atoms with van der Waals surface area (Å²) in [6.07, 6.45) is 5.63. The van der Waals surface area contributed by atoms with Crippen LogP contribution in [0.3, 0.4) is 0 Å². The molecule has 5 atom stereocenters. The van der Waals surface area contributed by atoms with E-state index in [1.54, 1.807) is 7.11 Å². The Kier molecular flexibility index (Phi) is 5.19. The van der Waals surface area contributed by atoms with Crippen molar-refractivity contribution in [2.24, 2.45) is 17.6 Å². The second kappa shape index (κ2) is 7.60. The van der Waals surface area contributed by atoms with E-state index in [0.717, 1.165) is 35.0 Å². The number of hydrogen-bond donors (Lipinski definition) is 2. The molecule has 27 heavy (non-hydrogen) atoms. The first-order chi connectivity index (χ1) is 13.1. The Hall–Kier alpha value is -1.92. The monoisotopic (exact) mass is 384 g/mol. The summed E-state index contributed by atoms with van der Waals surface area (Å²) in [4.78, 5) is 7.17. The number of nitrogens with zero attached hydrogens (tertiary/aromatic N) is 2. The third kappa shape index (κ3) is 3.48. The van der Waals surface area contributed by atoms with Crippen molar-refractivity contribution in [2.45, 2.75) is 38.3 Å². The molecule has 0 saturated carbocycles. The molecule has 2 bridgehead atoms. The molecule has 3 fully saturated rings. The molecule has 5 nitrogen and oxygen atoms in total. The maximum atomic E-state index is 5.95. The molecular formula is C21H28N4OS. The minimum absolute atomic E-state index is 0.0562. The van der Waals surface area contributed by atoms with Crippen LogP contribution in [0.2, 0.25) is 0 Å². The molecule has 0 spiro atoms. The number of thiocarbonyl (C=S) groups is 1. The Morgan fingerprint density at radius 3 is 2.96 bits per heavy atom. The summed E-state index contributed by atoms with van der Waals surface area (Å²) in [6, 6.07) is 8.57. The number of fused-ring (bicyclic) bond motifs is 4. The van der Waals surface area contributed by atoms with E-state index in [4.69, 9.17) is 22.7 Å². The van der Waals surface area contributed by atoms with Crippen LogP contribution in [-0.4, -0.2) is 41.2 Å². The Labute approximate surface area is 166 Å². The van der Waals surface area contributed by atoms with Gasteiger partial charge in [0.15, 0.2) is 5.11 Å². The fourth-order valence-corrected chi connectivity index (χ4v) is 5.20. The van der Waals surface area contributed by atoms with E-state index in [9.17, 15) is 0 Å². The largest absolute Gasteiger partial charge is 0.497 e. The summed E-state index contributed by atoms with van der Waals surface area (Å²) < 4.78 is 5.45.